The highest BCUT2D eigenvalue weighted by molar-refractivity contribution is 5.96. The third-order valence-corrected chi connectivity index (χ3v) is 1.98. The van der Waals surface area contributed by atoms with Crippen LogP contribution in [0.25, 0.3) is 0 Å². The van der Waals surface area contributed by atoms with Gasteiger partial charge in [0.2, 0.25) is 5.96 Å². The van der Waals surface area contributed by atoms with Gasteiger partial charge in [0.15, 0.2) is 6.19 Å². The van der Waals surface area contributed by atoms with E-state index in [9.17, 15) is 10.1 Å². The van der Waals surface area contributed by atoms with Crippen LogP contribution in [0.3, 0.4) is 0 Å². The fourth-order valence-electron chi connectivity index (χ4n) is 1.34. The Hall–Kier alpha value is -2.62. The molecule has 7 nitrogen and oxygen atoms in total. The fraction of sp³-hybridized carbons (Fsp3) is 0.333. The van der Waals surface area contributed by atoms with E-state index in [2.05, 4.69) is 15.6 Å². The number of hydrogen-bond donors (Lipinski definition) is 2. The maximum absolute atomic E-state index is 10.9. The Balaban J connectivity index is 3.08. The number of nitriles is 1. The molecule has 100 valence electrons. The molecule has 2 N–H and O–H groups in total. The van der Waals surface area contributed by atoms with Crippen molar-refractivity contribution >= 4 is 17.3 Å². The monoisotopic (exact) mass is 261 g/mol. The lowest BCUT2D eigenvalue weighted by atomic mass is 10.1. The van der Waals surface area contributed by atoms with Crippen LogP contribution >= 0.6 is 0 Å². The predicted molar refractivity (Wildman–Crippen MR) is 72.7 cm³/mol. The van der Waals surface area contributed by atoms with Crippen LogP contribution in [-0.2, 0) is 0 Å². The lowest BCUT2D eigenvalue weighted by Gasteiger charge is -2.15. The van der Waals surface area contributed by atoms with E-state index >= 15 is 0 Å². The van der Waals surface area contributed by atoms with E-state index < -0.39 is 10.5 Å². The molecule has 0 aliphatic heterocycles. The minimum atomic E-state index is -0.497. The molecule has 7 heteroatoms. The van der Waals surface area contributed by atoms with Crippen molar-refractivity contribution in [3.05, 3.63) is 34.4 Å². The highest BCUT2D eigenvalue weighted by Crippen LogP contribution is 2.23. The maximum Gasteiger partial charge on any atom is 0.292 e. The quantitative estimate of drug-likeness (QED) is 0.212. The van der Waals surface area contributed by atoms with Crippen molar-refractivity contribution in [3.8, 4) is 6.19 Å². The van der Waals surface area contributed by atoms with Crippen molar-refractivity contribution in [1.82, 2.24) is 5.32 Å². The van der Waals surface area contributed by atoms with Gasteiger partial charge in [-0.1, -0.05) is 12.1 Å². The molecule has 0 saturated carbocycles. The number of nitrogens with one attached hydrogen (secondary N) is 2. The molecule has 0 unspecified atom stereocenters. The van der Waals surface area contributed by atoms with Gasteiger partial charge in [-0.05, 0) is 26.8 Å². The molecular weight excluding hydrogens is 246 g/mol. The molecule has 0 bridgehead atoms. The van der Waals surface area contributed by atoms with Gasteiger partial charge >= 0.3 is 0 Å². The average molecular weight is 261 g/mol. The normalized spacial score (nSPS) is 11.6. The van der Waals surface area contributed by atoms with Crippen LogP contribution in [0, 0.1) is 21.6 Å². The summed E-state index contributed by atoms with van der Waals surface area (Å²) in [6.07, 6.45) is 1.75. The molecule has 0 aliphatic carbocycles. The summed E-state index contributed by atoms with van der Waals surface area (Å²) in [6.45, 7) is 5.56. The third-order valence-electron chi connectivity index (χ3n) is 1.98. The van der Waals surface area contributed by atoms with E-state index in [4.69, 9.17) is 5.26 Å². The molecule has 0 radical (unpaired) electrons. The molecule has 0 aromatic heterocycles. The van der Waals surface area contributed by atoms with Crippen molar-refractivity contribution in [3.63, 3.8) is 0 Å². The van der Waals surface area contributed by atoms with Crippen molar-refractivity contribution in [2.24, 2.45) is 4.99 Å². The van der Waals surface area contributed by atoms with Gasteiger partial charge in [0.25, 0.3) is 5.69 Å². The summed E-state index contributed by atoms with van der Waals surface area (Å²) in [5, 5.41) is 24.7. The Morgan fingerprint density at radius 2 is 2.05 bits per heavy atom. The van der Waals surface area contributed by atoms with Crippen LogP contribution in [0.1, 0.15) is 20.8 Å². The molecule has 1 rings (SSSR count). The SMILES string of the molecule is CC(C)(C)N=C(NC#N)Nc1ccccc1[N+](=O)[O-]. The molecule has 0 saturated heterocycles. The van der Waals surface area contributed by atoms with Gasteiger partial charge in [-0.25, -0.2) is 4.99 Å². The van der Waals surface area contributed by atoms with Crippen molar-refractivity contribution in [1.29, 1.82) is 5.26 Å². The van der Waals surface area contributed by atoms with Gasteiger partial charge in [-0.2, -0.15) is 5.26 Å². The van der Waals surface area contributed by atoms with Gasteiger partial charge < -0.3 is 5.32 Å². The Morgan fingerprint density at radius 3 is 2.58 bits per heavy atom. The second kappa shape index (κ2) is 5.82. The minimum Gasteiger partial charge on any atom is -0.320 e. The first-order chi connectivity index (χ1) is 8.83. The van der Waals surface area contributed by atoms with E-state index in [0.29, 0.717) is 0 Å². The van der Waals surface area contributed by atoms with Crippen LogP contribution in [-0.4, -0.2) is 16.4 Å². The average Bonchev–Trinajstić information content (AvgIpc) is 2.27. The molecule has 0 amide bonds. The van der Waals surface area contributed by atoms with E-state index in [1.165, 1.54) is 6.07 Å². The smallest absolute Gasteiger partial charge is 0.292 e. The van der Waals surface area contributed by atoms with Gasteiger partial charge in [0.05, 0.1) is 10.5 Å². The molecule has 0 fully saturated rings. The van der Waals surface area contributed by atoms with Crippen molar-refractivity contribution in [2.75, 3.05) is 5.32 Å². The molecule has 1 aromatic rings. The highest BCUT2D eigenvalue weighted by Gasteiger charge is 2.15. The standard InChI is InChI=1S/C12H15N5O2/c1-12(2,3)16-11(14-8-13)15-9-6-4-5-7-10(9)17(18)19/h4-7H,1-3H3,(H2,14,15,16). The number of rotatable bonds is 2. The number of nitrogens with zero attached hydrogens (tertiary/aromatic N) is 3. The lowest BCUT2D eigenvalue weighted by molar-refractivity contribution is -0.383. The molecule has 0 atom stereocenters. The van der Waals surface area contributed by atoms with Crippen LogP contribution in [0.2, 0.25) is 0 Å². The van der Waals surface area contributed by atoms with Crippen LogP contribution in [0.15, 0.2) is 29.3 Å². The van der Waals surface area contributed by atoms with Crippen LogP contribution < -0.4 is 10.6 Å². The number of nitro groups is 1. The van der Waals surface area contributed by atoms with E-state index in [0.717, 1.165) is 0 Å². The molecule has 0 spiro atoms. The molecular formula is C12H15N5O2. The first-order valence-corrected chi connectivity index (χ1v) is 5.59. The van der Waals surface area contributed by atoms with Gasteiger partial charge in [-0.15, -0.1) is 0 Å². The van der Waals surface area contributed by atoms with Crippen molar-refractivity contribution in [2.45, 2.75) is 26.3 Å². The summed E-state index contributed by atoms with van der Waals surface area (Å²) >= 11 is 0. The fourth-order valence-corrected chi connectivity index (χ4v) is 1.34. The number of benzene rings is 1. The summed E-state index contributed by atoms with van der Waals surface area (Å²) < 4.78 is 0. The number of aliphatic imine (C=N–C) groups is 1. The summed E-state index contributed by atoms with van der Waals surface area (Å²) in [7, 11) is 0. The summed E-state index contributed by atoms with van der Waals surface area (Å²) in [5.41, 5.74) is -0.225. The Morgan fingerprint density at radius 1 is 1.42 bits per heavy atom. The van der Waals surface area contributed by atoms with Gasteiger partial charge in [-0.3, -0.25) is 15.4 Å². The Labute approximate surface area is 111 Å². The van der Waals surface area contributed by atoms with Crippen LogP contribution in [0.4, 0.5) is 11.4 Å². The van der Waals surface area contributed by atoms with Crippen LogP contribution in [0.5, 0.6) is 0 Å². The topological polar surface area (TPSA) is 103 Å². The Kier molecular flexibility index (Phi) is 4.42. The van der Waals surface area contributed by atoms with Gasteiger partial charge in [0.1, 0.15) is 5.69 Å². The zero-order valence-electron chi connectivity index (χ0n) is 11.0. The second-order valence-electron chi connectivity index (χ2n) is 4.77. The maximum atomic E-state index is 10.9. The second-order valence-corrected chi connectivity index (χ2v) is 4.77. The zero-order valence-corrected chi connectivity index (χ0v) is 11.0. The van der Waals surface area contributed by atoms with Crippen molar-refractivity contribution < 1.29 is 4.92 Å². The number of para-hydroxylation sites is 2. The lowest BCUT2D eigenvalue weighted by Crippen LogP contribution is -2.30. The summed E-state index contributed by atoms with van der Waals surface area (Å²) in [4.78, 5) is 14.6. The van der Waals surface area contributed by atoms with Gasteiger partial charge in [0, 0.05) is 6.07 Å². The molecule has 1 aromatic carbocycles. The highest BCUT2D eigenvalue weighted by atomic mass is 16.6. The first-order valence-electron chi connectivity index (χ1n) is 5.59. The number of anilines is 1. The third kappa shape index (κ3) is 4.63. The van der Waals surface area contributed by atoms with E-state index in [-0.39, 0.29) is 17.3 Å². The molecule has 19 heavy (non-hydrogen) atoms. The summed E-state index contributed by atoms with van der Waals surface area (Å²) in [6, 6.07) is 6.16. The minimum absolute atomic E-state index is 0.0798. The summed E-state index contributed by atoms with van der Waals surface area (Å²) in [5.74, 6) is 0.171. The molecule has 0 heterocycles. The predicted octanol–water partition coefficient (Wildman–Crippen LogP) is 2.23. The zero-order chi connectivity index (χ0) is 14.5. The first kappa shape index (κ1) is 14.4. The van der Waals surface area contributed by atoms with E-state index in [1.54, 1.807) is 24.4 Å². The van der Waals surface area contributed by atoms with E-state index in [1.807, 2.05) is 20.8 Å². The largest absolute Gasteiger partial charge is 0.320 e. The number of guanidine groups is 1. The number of hydrogen-bond acceptors (Lipinski definition) is 4. The molecule has 0 aliphatic rings. The number of nitro benzene ring substituents is 1. The Bertz CT molecular complexity index is 540.